The van der Waals surface area contributed by atoms with Crippen LogP contribution < -0.4 is 0 Å². The molecule has 52 valence electrons. The molecule has 0 spiro atoms. The SMILES string of the molecule is Cc1occc1SCC#N. The second kappa shape index (κ2) is 3.33. The zero-order valence-electron chi connectivity index (χ0n) is 5.63. The first kappa shape index (κ1) is 7.23. The molecule has 0 bridgehead atoms. The van der Waals surface area contributed by atoms with Crippen LogP contribution in [0.15, 0.2) is 21.6 Å². The fourth-order valence-electron chi connectivity index (χ4n) is 0.633. The molecule has 0 amide bonds. The normalized spacial score (nSPS) is 9.20. The molecular weight excluding hydrogens is 146 g/mol. The average Bonchev–Trinajstić information content (AvgIpc) is 2.31. The molecule has 0 atom stereocenters. The van der Waals surface area contributed by atoms with Crippen LogP contribution in [0, 0.1) is 18.3 Å². The van der Waals surface area contributed by atoms with Gasteiger partial charge in [0.05, 0.1) is 18.1 Å². The van der Waals surface area contributed by atoms with Crippen molar-refractivity contribution in [3.63, 3.8) is 0 Å². The standard InChI is InChI=1S/C7H7NOS/c1-6-7(2-4-9-6)10-5-3-8/h2,4H,5H2,1H3. The summed E-state index contributed by atoms with van der Waals surface area (Å²) in [6.45, 7) is 1.89. The maximum Gasteiger partial charge on any atom is 0.114 e. The van der Waals surface area contributed by atoms with Crippen molar-refractivity contribution in [2.45, 2.75) is 11.8 Å². The van der Waals surface area contributed by atoms with E-state index < -0.39 is 0 Å². The van der Waals surface area contributed by atoms with E-state index in [2.05, 4.69) is 6.07 Å². The maximum absolute atomic E-state index is 8.25. The summed E-state index contributed by atoms with van der Waals surface area (Å²) in [5.74, 6) is 1.38. The van der Waals surface area contributed by atoms with E-state index in [9.17, 15) is 0 Å². The Bertz CT molecular complexity index is 248. The van der Waals surface area contributed by atoms with Gasteiger partial charge >= 0.3 is 0 Å². The van der Waals surface area contributed by atoms with Gasteiger partial charge in [0.1, 0.15) is 5.76 Å². The molecule has 1 heterocycles. The Hall–Kier alpha value is -0.880. The summed E-state index contributed by atoms with van der Waals surface area (Å²) < 4.78 is 5.03. The highest BCUT2D eigenvalue weighted by molar-refractivity contribution is 7.99. The van der Waals surface area contributed by atoms with Crippen molar-refractivity contribution in [2.24, 2.45) is 0 Å². The van der Waals surface area contributed by atoms with Crippen molar-refractivity contribution in [1.82, 2.24) is 0 Å². The van der Waals surface area contributed by atoms with E-state index in [0.717, 1.165) is 10.7 Å². The van der Waals surface area contributed by atoms with Gasteiger partial charge in [-0.25, -0.2) is 0 Å². The number of thioether (sulfide) groups is 1. The number of aryl methyl sites for hydroxylation is 1. The zero-order valence-corrected chi connectivity index (χ0v) is 6.44. The summed E-state index contributed by atoms with van der Waals surface area (Å²) in [7, 11) is 0. The van der Waals surface area contributed by atoms with Crippen LogP contribution in [0.25, 0.3) is 0 Å². The predicted octanol–water partition coefficient (Wildman–Crippen LogP) is 2.20. The number of hydrogen-bond donors (Lipinski definition) is 0. The Kier molecular flexibility index (Phi) is 2.41. The molecule has 10 heavy (non-hydrogen) atoms. The summed E-state index contributed by atoms with van der Waals surface area (Å²) in [5, 5.41) is 8.25. The summed E-state index contributed by atoms with van der Waals surface area (Å²) >= 11 is 1.50. The van der Waals surface area contributed by atoms with E-state index in [1.807, 2.05) is 13.0 Å². The fraction of sp³-hybridized carbons (Fsp3) is 0.286. The van der Waals surface area contributed by atoms with E-state index >= 15 is 0 Å². The Morgan fingerprint density at radius 3 is 3.10 bits per heavy atom. The molecular formula is C7H7NOS. The van der Waals surface area contributed by atoms with Crippen molar-refractivity contribution in [3.8, 4) is 6.07 Å². The molecule has 0 aromatic carbocycles. The van der Waals surface area contributed by atoms with Crippen LogP contribution in [-0.4, -0.2) is 5.75 Å². The van der Waals surface area contributed by atoms with Gasteiger partial charge in [-0.2, -0.15) is 5.26 Å². The van der Waals surface area contributed by atoms with Gasteiger partial charge in [-0.05, 0) is 13.0 Å². The summed E-state index contributed by atoms with van der Waals surface area (Å²) in [5.41, 5.74) is 0. The van der Waals surface area contributed by atoms with Gasteiger partial charge < -0.3 is 4.42 Å². The topological polar surface area (TPSA) is 36.9 Å². The first-order valence-electron chi connectivity index (χ1n) is 2.88. The third-order valence-corrected chi connectivity index (χ3v) is 2.11. The van der Waals surface area contributed by atoms with Gasteiger partial charge in [0.2, 0.25) is 0 Å². The minimum absolute atomic E-state index is 0.486. The Morgan fingerprint density at radius 1 is 1.80 bits per heavy atom. The Labute approximate surface area is 63.8 Å². The zero-order chi connectivity index (χ0) is 7.40. The van der Waals surface area contributed by atoms with E-state index in [-0.39, 0.29) is 0 Å². The molecule has 0 saturated heterocycles. The van der Waals surface area contributed by atoms with Crippen LogP contribution in [0.3, 0.4) is 0 Å². The summed E-state index contributed by atoms with van der Waals surface area (Å²) in [4.78, 5) is 1.06. The molecule has 0 aliphatic heterocycles. The lowest BCUT2D eigenvalue weighted by atomic mass is 10.5. The number of nitriles is 1. The molecule has 0 saturated carbocycles. The fourth-order valence-corrected chi connectivity index (χ4v) is 1.26. The first-order chi connectivity index (χ1) is 4.84. The monoisotopic (exact) mass is 153 g/mol. The van der Waals surface area contributed by atoms with Gasteiger partial charge in [0.25, 0.3) is 0 Å². The van der Waals surface area contributed by atoms with Crippen LogP contribution in [0.5, 0.6) is 0 Å². The third-order valence-electron chi connectivity index (χ3n) is 1.10. The minimum Gasteiger partial charge on any atom is -0.468 e. The van der Waals surface area contributed by atoms with Crippen LogP contribution in [0.1, 0.15) is 5.76 Å². The van der Waals surface area contributed by atoms with Crippen molar-refractivity contribution >= 4 is 11.8 Å². The van der Waals surface area contributed by atoms with E-state index in [1.54, 1.807) is 6.26 Å². The minimum atomic E-state index is 0.486. The van der Waals surface area contributed by atoms with Crippen LogP contribution in [0.2, 0.25) is 0 Å². The quantitative estimate of drug-likeness (QED) is 0.611. The molecule has 2 nitrogen and oxygen atoms in total. The van der Waals surface area contributed by atoms with Crippen molar-refractivity contribution < 1.29 is 4.42 Å². The second-order valence-electron chi connectivity index (χ2n) is 1.79. The van der Waals surface area contributed by atoms with Gasteiger partial charge in [-0.15, -0.1) is 11.8 Å². The number of furan rings is 1. The smallest absolute Gasteiger partial charge is 0.114 e. The molecule has 0 unspecified atom stereocenters. The highest BCUT2D eigenvalue weighted by Crippen LogP contribution is 2.21. The lowest BCUT2D eigenvalue weighted by Crippen LogP contribution is -1.71. The Morgan fingerprint density at radius 2 is 2.60 bits per heavy atom. The van der Waals surface area contributed by atoms with Crippen molar-refractivity contribution in [1.29, 1.82) is 5.26 Å². The van der Waals surface area contributed by atoms with Gasteiger partial charge in [0.15, 0.2) is 0 Å². The maximum atomic E-state index is 8.25. The lowest BCUT2D eigenvalue weighted by molar-refractivity contribution is 0.527. The third kappa shape index (κ3) is 1.55. The van der Waals surface area contributed by atoms with E-state index in [0.29, 0.717) is 5.75 Å². The van der Waals surface area contributed by atoms with Gasteiger partial charge in [-0.1, -0.05) is 0 Å². The number of hydrogen-bond acceptors (Lipinski definition) is 3. The highest BCUT2D eigenvalue weighted by Gasteiger charge is 1.99. The van der Waals surface area contributed by atoms with E-state index in [4.69, 9.17) is 9.68 Å². The van der Waals surface area contributed by atoms with Crippen LogP contribution in [0.4, 0.5) is 0 Å². The average molecular weight is 153 g/mol. The van der Waals surface area contributed by atoms with E-state index in [1.165, 1.54) is 11.8 Å². The molecule has 0 N–H and O–H groups in total. The highest BCUT2D eigenvalue weighted by atomic mass is 32.2. The molecule has 0 radical (unpaired) electrons. The van der Waals surface area contributed by atoms with Crippen LogP contribution >= 0.6 is 11.8 Å². The van der Waals surface area contributed by atoms with Gasteiger partial charge in [0, 0.05) is 4.90 Å². The molecule has 1 aromatic heterocycles. The molecule has 1 aromatic rings. The number of nitrogens with zero attached hydrogens (tertiary/aromatic N) is 1. The van der Waals surface area contributed by atoms with Crippen molar-refractivity contribution in [3.05, 3.63) is 18.1 Å². The molecule has 0 fully saturated rings. The summed E-state index contributed by atoms with van der Waals surface area (Å²) in [6, 6.07) is 3.93. The van der Waals surface area contributed by atoms with Gasteiger partial charge in [-0.3, -0.25) is 0 Å². The molecule has 1 rings (SSSR count). The molecule has 0 aliphatic carbocycles. The number of rotatable bonds is 2. The largest absolute Gasteiger partial charge is 0.468 e. The second-order valence-corrected chi connectivity index (χ2v) is 2.81. The lowest BCUT2D eigenvalue weighted by Gasteiger charge is -1.89. The summed E-state index contributed by atoms with van der Waals surface area (Å²) in [6.07, 6.45) is 1.63. The Balaban J connectivity index is 2.59. The molecule has 0 aliphatic rings. The first-order valence-corrected chi connectivity index (χ1v) is 3.87. The predicted molar refractivity (Wildman–Crippen MR) is 39.8 cm³/mol. The van der Waals surface area contributed by atoms with Crippen molar-refractivity contribution in [2.75, 3.05) is 5.75 Å². The van der Waals surface area contributed by atoms with Crippen LogP contribution in [-0.2, 0) is 0 Å². The molecule has 3 heteroatoms.